The highest BCUT2D eigenvalue weighted by Crippen LogP contribution is 2.29. The number of fused-ring (bicyclic) bond motifs is 1. The zero-order valence-corrected chi connectivity index (χ0v) is 23.6. The minimum Gasteiger partial charge on any atom is -0.361 e. The molecule has 212 valence electrons. The number of aromatic nitrogens is 5. The number of hydrogen-bond acceptors (Lipinski definition) is 9. The maximum absolute atomic E-state index is 12.6. The summed E-state index contributed by atoms with van der Waals surface area (Å²) in [5.74, 6) is -1.19. The Bertz CT molecular complexity index is 1700. The van der Waals surface area contributed by atoms with Crippen molar-refractivity contribution in [2.45, 2.75) is 6.54 Å². The number of hydrogen-bond donors (Lipinski definition) is 3. The quantitative estimate of drug-likeness (QED) is 0.106. The average molecular weight is 600 g/mol. The number of imidazole rings is 1. The second-order valence-corrected chi connectivity index (χ2v) is 10.4. The fourth-order valence-corrected chi connectivity index (χ4v) is 4.28. The van der Waals surface area contributed by atoms with Crippen molar-refractivity contribution in [1.29, 1.82) is 0 Å². The molecule has 0 bridgehead atoms. The predicted molar refractivity (Wildman–Crippen MR) is 154 cm³/mol. The van der Waals surface area contributed by atoms with Crippen molar-refractivity contribution in [2.24, 2.45) is 12.8 Å². The molecule has 0 aliphatic carbocycles. The van der Waals surface area contributed by atoms with Gasteiger partial charge < -0.3 is 31.0 Å². The number of likely N-dealkylation sites (N-methyl/N-ethyl adjacent to an activating group) is 1. The standard InChI is InChI=1S/C25H24Cl2N10O4/c1-35-19(24(36(40)41)34-25(35)22(28)39)12-37(2,3)8-4-5-21(38)33-20-10-15-18(11-29-20)30-13-31-23(15)32-14-6-7-16(26)17(27)9-14/h4-7,9-11,13H,8,12H2,1-3H3,(H3-,28,29,30,31,32,33,34,38,39)/p+1/b5-4+. The molecule has 2 amide bonds. The number of carbonyl (C=O) groups excluding carboxylic acids is 2. The van der Waals surface area contributed by atoms with Crippen LogP contribution in [0.15, 0.2) is 48.9 Å². The van der Waals surface area contributed by atoms with Crippen LogP contribution in [0.25, 0.3) is 10.9 Å². The van der Waals surface area contributed by atoms with Gasteiger partial charge >= 0.3 is 17.5 Å². The number of benzene rings is 1. The summed E-state index contributed by atoms with van der Waals surface area (Å²) in [7, 11) is 5.12. The van der Waals surface area contributed by atoms with Crippen LogP contribution in [-0.2, 0) is 18.4 Å². The van der Waals surface area contributed by atoms with Gasteiger partial charge in [0, 0.05) is 24.2 Å². The number of carbonyl (C=O) groups is 2. The van der Waals surface area contributed by atoms with Gasteiger partial charge in [0.05, 0.1) is 42.4 Å². The molecule has 3 aromatic heterocycles. The first-order chi connectivity index (χ1) is 19.3. The van der Waals surface area contributed by atoms with Crippen LogP contribution in [0.5, 0.6) is 0 Å². The van der Waals surface area contributed by atoms with E-state index < -0.39 is 22.6 Å². The molecule has 0 spiro atoms. The van der Waals surface area contributed by atoms with E-state index in [1.807, 2.05) is 14.1 Å². The van der Waals surface area contributed by atoms with Gasteiger partial charge in [0.15, 0.2) is 5.69 Å². The SMILES string of the molecule is Cn1c(C(N)=O)nc([N+](=O)[O-])c1C[N+](C)(C)C/C=C/C(=O)Nc1cc2c(Nc3ccc(Cl)c(Cl)c3)ncnc2cn1. The number of anilines is 3. The van der Waals surface area contributed by atoms with Gasteiger partial charge in [0.2, 0.25) is 5.91 Å². The molecule has 4 aromatic rings. The van der Waals surface area contributed by atoms with E-state index in [4.69, 9.17) is 28.9 Å². The zero-order valence-electron chi connectivity index (χ0n) is 22.1. The maximum atomic E-state index is 12.6. The second-order valence-electron chi connectivity index (χ2n) is 9.62. The molecular weight excluding hydrogens is 575 g/mol. The third-order valence-corrected chi connectivity index (χ3v) is 6.73. The average Bonchev–Trinajstić information content (AvgIpc) is 3.22. The molecule has 16 heteroatoms. The molecule has 0 saturated heterocycles. The van der Waals surface area contributed by atoms with Crippen molar-refractivity contribution in [3.05, 3.63) is 80.6 Å². The van der Waals surface area contributed by atoms with E-state index in [9.17, 15) is 19.7 Å². The Hall–Kier alpha value is -4.66. The summed E-state index contributed by atoms with van der Waals surface area (Å²) < 4.78 is 1.54. The number of rotatable bonds is 10. The van der Waals surface area contributed by atoms with E-state index in [1.54, 1.807) is 30.3 Å². The fraction of sp³-hybridized carbons (Fsp3) is 0.200. The summed E-state index contributed by atoms with van der Waals surface area (Å²) in [6, 6.07) is 6.71. The van der Waals surface area contributed by atoms with Gasteiger partial charge in [-0.05, 0) is 40.2 Å². The van der Waals surface area contributed by atoms with Crippen molar-refractivity contribution in [3.8, 4) is 0 Å². The summed E-state index contributed by atoms with van der Waals surface area (Å²) in [6.07, 6.45) is 5.87. The number of amides is 2. The number of nitrogens with two attached hydrogens (primary N) is 1. The number of nitrogens with one attached hydrogen (secondary N) is 2. The normalized spacial score (nSPS) is 11.6. The highest BCUT2D eigenvalue weighted by molar-refractivity contribution is 6.42. The van der Waals surface area contributed by atoms with Crippen molar-refractivity contribution in [1.82, 2.24) is 24.5 Å². The number of halogens is 2. The lowest BCUT2D eigenvalue weighted by atomic mass is 10.2. The van der Waals surface area contributed by atoms with Gasteiger partial charge in [0.25, 0.3) is 0 Å². The Morgan fingerprint density at radius 3 is 2.61 bits per heavy atom. The Morgan fingerprint density at radius 2 is 1.93 bits per heavy atom. The fourth-order valence-electron chi connectivity index (χ4n) is 3.98. The second kappa shape index (κ2) is 11.8. The molecule has 0 saturated carbocycles. The van der Waals surface area contributed by atoms with Gasteiger partial charge in [-0.1, -0.05) is 23.2 Å². The Kier molecular flexibility index (Phi) is 8.47. The van der Waals surface area contributed by atoms with Crippen molar-refractivity contribution < 1.29 is 19.0 Å². The molecule has 14 nitrogen and oxygen atoms in total. The monoisotopic (exact) mass is 599 g/mol. The minimum absolute atomic E-state index is 0.153. The molecule has 4 N–H and O–H groups in total. The topological polar surface area (TPSA) is 184 Å². The van der Waals surface area contributed by atoms with Crippen LogP contribution >= 0.6 is 23.2 Å². The first-order valence-corrected chi connectivity index (χ1v) is 12.7. The number of quaternary nitrogens is 1. The van der Waals surface area contributed by atoms with Crippen LogP contribution in [0.3, 0.4) is 0 Å². The third kappa shape index (κ3) is 6.92. The van der Waals surface area contributed by atoms with Crippen LogP contribution in [0, 0.1) is 10.1 Å². The lowest BCUT2D eigenvalue weighted by molar-refractivity contribution is -0.898. The number of primary amides is 1. The largest absolute Gasteiger partial charge is 0.391 e. The molecule has 0 fully saturated rings. The summed E-state index contributed by atoms with van der Waals surface area (Å²) in [5.41, 5.74) is 6.74. The first-order valence-electron chi connectivity index (χ1n) is 12.0. The van der Waals surface area contributed by atoms with Gasteiger partial charge in [-0.3, -0.25) is 14.2 Å². The van der Waals surface area contributed by atoms with E-state index in [0.29, 0.717) is 39.0 Å². The number of pyridine rings is 1. The molecule has 0 aliphatic rings. The van der Waals surface area contributed by atoms with Crippen LogP contribution in [-0.4, -0.2) is 66.4 Å². The van der Waals surface area contributed by atoms with Crippen molar-refractivity contribution in [2.75, 3.05) is 31.3 Å². The maximum Gasteiger partial charge on any atom is 0.391 e. The summed E-state index contributed by atoms with van der Waals surface area (Å²) in [6.45, 7) is 0.484. The van der Waals surface area contributed by atoms with E-state index in [1.165, 1.54) is 30.2 Å². The molecule has 0 radical (unpaired) electrons. The van der Waals surface area contributed by atoms with E-state index in [-0.39, 0.29) is 28.4 Å². The first kappa shape index (κ1) is 29.3. The Balaban J connectivity index is 1.45. The third-order valence-electron chi connectivity index (χ3n) is 5.99. The Morgan fingerprint density at radius 1 is 1.17 bits per heavy atom. The van der Waals surface area contributed by atoms with E-state index >= 15 is 0 Å². The van der Waals surface area contributed by atoms with Crippen LogP contribution in [0.4, 0.5) is 23.1 Å². The Labute approximate surface area is 243 Å². The van der Waals surface area contributed by atoms with E-state index in [0.717, 1.165) is 0 Å². The smallest absolute Gasteiger partial charge is 0.361 e. The van der Waals surface area contributed by atoms with E-state index in [2.05, 4.69) is 30.6 Å². The molecule has 1 aromatic carbocycles. The predicted octanol–water partition coefficient (Wildman–Crippen LogP) is 3.59. The lowest BCUT2D eigenvalue weighted by Crippen LogP contribution is -2.39. The summed E-state index contributed by atoms with van der Waals surface area (Å²) in [4.78, 5) is 51.6. The molecule has 0 atom stereocenters. The van der Waals surface area contributed by atoms with Gasteiger partial charge in [-0.2, -0.15) is 0 Å². The van der Waals surface area contributed by atoms with Crippen LogP contribution in [0.1, 0.15) is 16.3 Å². The van der Waals surface area contributed by atoms with Crippen LogP contribution in [0.2, 0.25) is 10.0 Å². The molecule has 0 unspecified atom stereocenters. The van der Waals surface area contributed by atoms with Gasteiger partial charge in [-0.15, -0.1) is 0 Å². The highest BCUT2D eigenvalue weighted by Gasteiger charge is 2.32. The van der Waals surface area contributed by atoms with Crippen molar-refractivity contribution in [3.63, 3.8) is 0 Å². The van der Waals surface area contributed by atoms with Gasteiger partial charge in [0.1, 0.15) is 24.5 Å². The molecular formula is C25H25Cl2N10O4+. The lowest BCUT2D eigenvalue weighted by Gasteiger charge is -2.28. The molecule has 4 rings (SSSR count). The zero-order chi connectivity index (χ0) is 29.9. The van der Waals surface area contributed by atoms with Gasteiger partial charge in [-0.25, -0.2) is 15.0 Å². The minimum atomic E-state index is -0.866. The molecule has 3 heterocycles. The molecule has 0 aliphatic heterocycles. The number of nitro groups is 1. The molecule has 41 heavy (non-hydrogen) atoms. The number of nitrogens with zero attached hydrogens (tertiary/aromatic N) is 7. The summed E-state index contributed by atoms with van der Waals surface area (Å²) >= 11 is 12.1. The summed E-state index contributed by atoms with van der Waals surface area (Å²) in [5, 5.41) is 18.8. The van der Waals surface area contributed by atoms with Crippen LogP contribution < -0.4 is 16.4 Å². The van der Waals surface area contributed by atoms with Crippen molar-refractivity contribution >= 4 is 69.1 Å². The highest BCUT2D eigenvalue weighted by atomic mass is 35.5.